The van der Waals surface area contributed by atoms with Gasteiger partial charge in [0.25, 0.3) is 0 Å². The molecule has 1 atom stereocenters. The van der Waals surface area contributed by atoms with Gasteiger partial charge in [0, 0.05) is 24.0 Å². The van der Waals surface area contributed by atoms with Crippen molar-refractivity contribution < 1.29 is 8.76 Å². The Labute approximate surface area is 76.9 Å². The second kappa shape index (κ2) is 3.20. The fourth-order valence-corrected chi connectivity index (χ4v) is 1.61. The monoisotopic (exact) mass is 193 g/mol. The Hall–Kier alpha value is -1.33. The van der Waals surface area contributed by atoms with Crippen LogP contribution >= 0.6 is 0 Å². The minimum Gasteiger partial charge on any atom is -0.767 e. The van der Waals surface area contributed by atoms with Crippen molar-refractivity contribution in [2.45, 2.75) is 5.03 Å². The van der Waals surface area contributed by atoms with Gasteiger partial charge in [-0.1, -0.05) is 0 Å². The van der Waals surface area contributed by atoms with Crippen LogP contribution in [-0.2, 0) is 11.1 Å². The molecule has 0 saturated heterocycles. The molecule has 0 bridgehead atoms. The Morgan fingerprint density at radius 1 is 1.31 bits per heavy atom. The summed E-state index contributed by atoms with van der Waals surface area (Å²) in [6.07, 6.45) is 4.57. The zero-order chi connectivity index (χ0) is 9.26. The van der Waals surface area contributed by atoms with Crippen molar-refractivity contribution in [1.29, 1.82) is 0 Å². The van der Waals surface area contributed by atoms with Crippen molar-refractivity contribution in [3.05, 3.63) is 30.7 Å². The maximum absolute atomic E-state index is 10.7. The number of aromatic nitrogens is 2. The zero-order valence-corrected chi connectivity index (χ0v) is 7.32. The van der Waals surface area contributed by atoms with Crippen molar-refractivity contribution in [2.75, 3.05) is 0 Å². The van der Waals surface area contributed by atoms with E-state index in [0.717, 1.165) is 5.39 Å². The highest BCUT2D eigenvalue weighted by molar-refractivity contribution is 7.79. The SMILES string of the molecule is O=S([O-])c1nccc2ccncc12. The number of nitrogens with zero attached hydrogens (tertiary/aromatic N) is 2. The maximum Gasteiger partial charge on any atom is 0.122 e. The Kier molecular flexibility index (Phi) is 2.03. The first-order valence-corrected chi connectivity index (χ1v) is 4.64. The molecular formula is C8H5N2O2S-. The van der Waals surface area contributed by atoms with Gasteiger partial charge in [0.15, 0.2) is 0 Å². The molecule has 66 valence electrons. The van der Waals surface area contributed by atoms with Gasteiger partial charge in [-0.15, -0.1) is 0 Å². The molecule has 13 heavy (non-hydrogen) atoms. The molecule has 0 aromatic carbocycles. The normalized spacial score (nSPS) is 13.0. The van der Waals surface area contributed by atoms with E-state index in [0.29, 0.717) is 5.39 Å². The van der Waals surface area contributed by atoms with Crippen LogP contribution in [0.15, 0.2) is 35.7 Å². The quantitative estimate of drug-likeness (QED) is 0.630. The van der Waals surface area contributed by atoms with Gasteiger partial charge in [-0.05, 0) is 28.6 Å². The molecule has 0 aliphatic heterocycles. The zero-order valence-electron chi connectivity index (χ0n) is 6.51. The third-order valence-electron chi connectivity index (χ3n) is 1.69. The largest absolute Gasteiger partial charge is 0.767 e. The van der Waals surface area contributed by atoms with Crippen LogP contribution in [0.25, 0.3) is 10.8 Å². The van der Waals surface area contributed by atoms with E-state index in [-0.39, 0.29) is 5.03 Å². The van der Waals surface area contributed by atoms with Gasteiger partial charge in [-0.25, -0.2) is 4.98 Å². The average molecular weight is 193 g/mol. The van der Waals surface area contributed by atoms with Gasteiger partial charge in [0.1, 0.15) is 5.03 Å². The Bertz CT molecular complexity index is 467. The summed E-state index contributed by atoms with van der Waals surface area (Å²) in [7, 11) is 0. The van der Waals surface area contributed by atoms with Crippen molar-refractivity contribution in [3.63, 3.8) is 0 Å². The van der Waals surface area contributed by atoms with Crippen LogP contribution in [0.3, 0.4) is 0 Å². The fourth-order valence-electron chi connectivity index (χ4n) is 1.12. The summed E-state index contributed by atoms with van der Waals surface area (Å²) >= 11 is -2.30. The summed E-state index contributed by atoms with van der Waals surface area (Å²) < 4.78 is 21.4. The summed E-state index contributed by atoms with van der Waals surface area (Å²) in [4.78, 5) is 7.60. The molecule has 0 fully saturated rings. The molecule has 0 radical (unpaired) electrons. The molecule has 2 rings (SSSR count). The van der Waals surface area contributed by atoms with Crippen LogP contribution in [0.1, 0.15) is 0 Å². The van der Waals surface area contributed by atoms with Crippen LogP contribution in [0, 0.1) is 0 Å². The van der Waals surface area contributed by atoms with Gasteiger partial charge >= 0.3 is 0 Å². The molecule has 4 nitrogen and oxygen atoms in total. The van der Waals surface area contributed by atoms with E-state index in [9.17, 15) is 8.76 Å². The highest BCUT2D eigenvalue weighted by atomic mass is 32.2. The number of pyridine rings is 2. The molecular weight excluding hydrogens is 188 g/mol. The van der Waals surface area contributed by atoms with Gasteiger partial charge in [-0.3, -0.25) is 9.19 Å². The van der Waals surface area contributed by atoms with E-state index in [2.05, 4.69) is 9.97 Å². The Balaban J connectivity index is 2.83. The van der Waals surface area contributed by atoms with Crippen molar-refractivity contribution in [3.8, 4) is 0 Å². The number of hydrogen-bond acceptors (Lipinski definition) is 4. The van der Waals surface area contributed by atoms with Crippen molar-refractivity contribution >= 4 is 21.9 Å². The van der Waals surface area contributed by atoms with Crippen LogP contribution in [-0.4, -0.2) is 18.7 Å². The van der Waals surface area contributed by atoms with Crippen LogP contribution in [0.2, 0.25) is 0 Å². The Morgan fingerprint density at radius 3 is 2.85 bits per heavy atom. The fraction of sp³-hybridized carbons (Fsp3) is 0. The molecule has 5 heteroatoms. The molecule has 0 aliphatic carbocycles. The Morgan fingerprint density at radius 2 is 2.08 bits per heavy atom. The summed E-state index contributed by atoms with van der Waals surface area (Å²) in [5.41, 5.74) is 0. The number of hydrogen-bond donors (Lipinski definition) is 0. The second-order valence-electron chi connectivity index (χ2n) is 2.45. The average Bonchev–Trinajstić information content (AvgIpc) is 2.17. The summed E-state index contributed by atoms with van der Waals surface area (Å²) in [5, 5.41) is 1.42. The first-order valence-electron chi connectivity index (χ1n) is 3.57. The lowest BCUT2D eigenvalue weighted by Gasteiger charge is -2.06. The van der Waals surface area contributed by atoms with Crippen molar-refractivity contribution in [2.24, 2.45) is 0 Å². The molecule has 0 spiro atoms. The van der Waals surface area contributed by atoms with Crippen LogP contribution < -0.4 is 0 Å². The first-order chi connectivity index (χ1) is 6.29. The van der Waals surface area contributed by atoms with Crippen LogP contribution in [0.4, 0.5) is 0 Å². The number of fused-ring (bicyclic) bond motifs is 1. The molecule has 0 N–H and O–H groups in total. The highest BCUT2D eigenvalue weighted by Gasteiger charge is 2.01. The smallest absolute Gasteiger partial charge is 0.122 e. The van der Waals surface area contributed by atoms with E-state index in [1.54, 1.807) is 18.3 Å². The number of rotatable bonds is 1. The molecule has 2 aromatic rings. The molecule has 2 aromatic heterocycles. The first kappa shape index (κ1) is 8.28. The highest BCUT2D eigenvalue weighted by Crippen LogP contribution is 2.16. The standard InChI is InChI=1S/C8H6N2O2S/c11-13(12)8-7-5-9-3-1-6(7)2-4-10-8/h1-5H,(H,11,12)/p-1. The summed E-state index contributed by atoms with van der Waals surface area (Å²) in [6, 6.07) is 3.49. The van der Waals surface area contributed by atoms with Gasteiger partial charge in [0.2, 0.25) is 0 Å². The summed E-state index contributed by atoms with van der Waals surface area (Å²) in [6.45, 7) is 0. The van der Waals surface area contributed by atoms with E-state index < -0.39 is 11.1 Å². The van der Waals surface area contributed by atoms with E-state index in [1.807, 2.05) is 0 Å². The van der Waals surface area contributed by atoms with Gasteiger partial charge in [-0.2, -0.15) is 0 Å². The van der Waals surface area contributed by atoms with Crippen molar-refractivity contribution in [1.82, 2.24) is 9.97 Å². The molecule has 0 saturated carbocycles. The minimum absolute atomic E-state index is 0.0469. The lowest BCUT2D eigenvalue weighted by Crippen LogP contribution is -1.94. The van der Waals surface area contributed by atoms with Gasteiger partial charge < -0.3 is 4.55 Å². The predicted molar refractivity (Wildman–Crippen MR) is 46.7 cm³/mol. The predicted octanol–water partition coefficient (Wildman–Crippen LogP) is 0.868. The third-order valence-corrected chi connectivity index (χ3v) is 2.33. The van der Waals surface area contributed by atoms with Gasteiger partial charge in [0.05, 0.1) is 0 Å². The molecule has 1 unspecified atom stereocenters. The molecule has 0 aliphatic rings. The molecule has 0 amide bonds. The van der Waals surface area contributed by atoms with E-state index in [1.165, 1.54) is 12.4 Å². The third kappa shape index (κ3) is 1.43. The summed E-state index contributed by atoms with van der Waals surface area (Å²) in [5.74, 6) is 0. The maximum atomic E-state index is 10.7. The lowest BCUT2D eigenvalue weighted by atomic mass is 10.2. The molecule has 2 heterocycles. The topological polar surface area (TPSA) is 65.9 Å². The van der Waals surface area contributed by atoms with Crippen LogP contribution in [0.5, 0.6) is 0 Å². The van der Waals surface area contributed by atoms with E-state index >= 15 is 0 Å². The second-order valence-corrected chi connectivity index (χ2v) is 3.30. The lowest BCUT2D eigenvalue weighted by molar-refractivity contribution is 0.534. The van der Waals surface area contributed by atoms with E-state index in [4.69, 9.17) is 0 Å². The minimum atomic E-state index is -2.30.